The molecule has 0 saturated heterocycles. The lowest BCUT2D eigenvalue weighted by Crippen LogP contribution is -2.38. The van der Waals surface area contributed by atoms with Gasteiger partial charge in [-0.2, -0.15) is 13.1 Å². The first-order chi connectivity index (χ1) is 12.6. The average Bonchev–Trinajstić information content (AvgIpc) is 3.36. The van der Waals surface area contributed by atoms with Gasteiger partial charge >= 0.3 is 0 Å². The van der Waals surface area contributed by atoms with Gasteiger partial charge in [-0.15, -0.1) is 0 Å². The van der Waals surface area contributed by atoms with Crippen molar-refractivity contribution in [1.29, 1.82) is 0 Å². The van der Waals surface area contributed by atoms with Crippen LogP contribution in [0.3, 0.4) is 0 Å². The van der Waals surface area contributed by atoms with Gasteiger partial charge in [0.1, 0.15) is 0 Å². The summed E-state index contributed by atoms with van der Waals surface area (Å²) in [5.74, 6) is 0.276. The summed E-state index contributed by atoms with van der Waals surface area (Å²) >= 11 is 0. The second kappa shape index (κ2) is 9.34. The molecule has 0 aromatic heterocycles. The number of hydrogen-bond donors (Lipinski definition) is 2. The van der Waals surface area contributed by atoms with Crippen molar-refractivity contribution in [2.75, 3.05) is 13.2 Å². The molecule has 0 amide bonds. The molecule has 2 rings (SSSR count). The van der Waals surface area contributed by atoms with Crippen LogP contribution in [-0.4, -0.2) is 21.6 Å². The molecule has 0 radical (unpaired) electrons. The van der Waals surface area contributed by atoms with Gasteiger partial charge < -0.3 is 4.74 Å². The Balaban J connectivity index is 1.83. The van der Waals surface area contributed by atoms with Gasteiger partial charge in [0.2, 0.25) is 0 Å². The van der Waals surface area contributed by atoms with E-state index in [1.807, 2.05) is 0 Å². The summed E-state index contributed by atoms with van der Waals surface area (Å²) in [4.78, 5) is 0. The van der Waals surface area contributed by atoms with Crippen LogP contribution in [0.1, 0.15) is 71.4 Å². The van der Waals surface area contributed by atoms with Crippen molar-refractivity contribution in [3.8, 4) is 5.75 Å². The molecule has 1 aromatic carbocycles. The zero-order valence-corrected chi connectivity index (χ0v) is 17.7. The second-order valence-electron chi connectivity index (χ2n) is 8.70. The first-order valence-corrected chi connectivity index (χ1v) is 11.2. The van der Waals surface area contributed by atoms with E-state index in [-0.39, 0.29) is 11.2 Å². The average molecular weight is 401 g/mol. The van der Waals surface area contributed by atoms with Crippen LogP contribution in [0, 0.1) is 17.2 Å². The SMILES string of the molecule is C[C@@H](NS(=O)(=O)NCCCCC(C)(C)C)c1ccc(F)c(OCC2CC2)c1. The van der Waals surface area contributed by atoms with Crippen LogP contribution in [0.4, 0.5) is 4.39 Å². The Labute approximate surface area is 163 Å². The van der Waals surface area contributed by atoms with Gasteiger partial charge in [-0.3, -0.25) is 0 Å². The van der Waals surface area contributed by atoms with Crippen LogP contribution in [0.25, 0.3) is 0 Å². The van der Waals surface area contributed by atoms with Gasteiger partial charge in [-0.25, -0.2) is 9.11 Å². The Morgan fingerprint density at radius 2 is 1.96 bits per heavy atom. The standard InChI is InChI=1S/C20H33FN2O3S/c1-15(23-27(24,25)22-12-6-5-11-20(2,3)4)17-9-10-18(21)19(13-17)26-14-16-7-8-16/h9-10,13,15-16,22-23H,5-8,11-12,14H2,1-4H3/t15-/m1/s1. The van der Waals surface area contributed by atoms with Crippen LogP contribution in [0.2, 0.25) is 0 Å². The highest BCUT2D eigenvalue weighted by atomic mass is 32.2. The minimum absolute atomic E-state index is 0.181. The summed E-state index contributed by atoms with van der Waals surface area (Å²) in [6, 6.07) is 3.99. The van der Waals surface area contributed by atoms with Crippen LogP contribution >= 0.6 is 0 Å². The fraction of sp³-hybridized carbons (Fsp3) is 0.700. The van der Waals surface area contributed by atoms with E-state index in [4.69, 9.17) is 4.74 Å². The third-order valence-corrected chi connectivity index (χ3v) is 5.85. The summed E-state index contributed by atoms with van der Waals surface area (Å²) in [5, 5.41) is 0. The summed E-state index contributed by atoms with van der Waals surface area (Å²) in [7, 11) is -3.62. The van der Waals surface area contributed by atoms with Gasteiger partial charge in [-0.05, 0) is 61.6 Å². The molecule has 7 heteroatoms. The van der Waals surface area contributed by atoms with Crippen LogP contribution in [-0.2, 0) is 10.2 Å². The van der Waals surface area contributed by atoms with Crippen molar-refractivity contribution in [3.63, 3.8) is 0 Å². The molecular formula is C20H33FN2O3S. The molecular weight excluding hydrogens is 367 g/mol. The summed E-state index contributed by atoms with van der Waals surface area (Å²) < 4.78 is 49.0. The smallest absolute Gasteiger partial charge is 0.277 e. The Morgan fingerprint density at radius 3 is 2.59 bits per heavy atom. The third kappa shape index (κ3) is 8.58. The van der Waals surface area contributed by atoms with Crippen molar-refractivity contribution < 1.29 is 17.5 Å². The molecule has 1 aliphatic carbocycles. The predicted octanol–water partition coefficient (Wildman–Crippen LogP) is 4.32. The maximum atomic E-state index is 13.9. The van der Waals surface area contributed by atoms with E-state index in [0.29, 0.717) is 24.6 Å². The van der Waals surface area contributed by atoms with Gasteiger partial charge in [0, 0.05) is 12.6 Å². The number of ether oxygens (including phenoxy) is 1. The number of halogens is 1. The van der Waals surface area contributed by atoms with Crippen LogP contribution < -0.4 is 14.2 Å². The molecule has 1 aliphatic rings. The quantitative estimate of drug-likeness (QED) is 0.544. The molecule has 5 nitrogen and oxygen atoms in total. The zero-order valence-electron chi connectivity index (χ0n) is 16.8. The fourth-order valence-corrected chi connectivity index (χ4v) is 3.82. The number of nitrogens with one attached hydrogen (secondary N) is 2. The van der Waals surface area contributed by atoms with Gasteiger partial charge in [0.05, 0.1) is 6.61 Å². The molecule has 27 heavy (non-hydrogen) atoms. The van der Waals surface area contributed by atoms with Crippen molar-refractivity contribution in [3.05, 3.63) is 29.6 Å². The molecule has 1 saturated carbocycles. The lowest BCUT2D eigenvalue weighted by Gasteiger charge is -2.18. The highest BCUT2D eigenvalue weighted by Gasteiger charge is 2.23. The fourth-order valence-electron chi connectivity index (χ4n) is 2.72. The van der Waals surface area contributed by atoms with Crippen molar-refractivity contribution >= 4 is 10.2 Å². The van der Waals surface area contributed by atoms with Gasteiger partial charge in [0.15, 0.2) is 11.6 Å². The normalized spacial score (nSPS) is 16.3. The Kier molecular flexibility index (Phi) is 7.65. The van der Waals surface area contributed by atoms with Gasteiger partial charge in [0.25, 0.3) is 10.2 Å². The topological polar surface area (TPSA) is 67.4 Å². The zero-order chi connectivity index (χ0) is 20.1. The molecule has 0 heterocycles. The molecule has 0 aliphatic heterocycles. The van der Waals surface area contributed by atoms with E-state index in [9.17, 15) is 12.8 Å². The van der Waals surface area contributed by atoms with E-state index in [1.165, 1.54) is 6.07 Å². The summed E-state index contributed by atoms with van der Waals surface area (Å²) in [6.07, 6.45) is 5.07. The summed E-state index contributed by atoms with van der Waals surface area (Å²) in [6.45, 7) is 9.16. The van der Waals surface area contributed by atoms with E-state index >= 15 is 0 Å². The molecule has 1 aromatic rings. The minimum atomic E-state index is -3.62. The molecule has 154 valence electrons. The Hall–Kier alpha value is -1.18. The van der Waals surface area contributed by atoms with E-state index in [2.05, 4.69) is 30.2 Å². The van der Waals surface area contributed by atoms with Gasteiger partial charge in [-0.1, -0.05) is 33.3 Å². The lowest BCUT2D eigenvalue weighted by atomic mass is 9.90. The maximum absolute atomic E-state index is 13.9. The lowest BCUT2D eigenvalue weighted by molar-refractivity contribution is 0.285. The second-order valence-corrected chi connectivity index (χ2v) is 10.2. The number of rotatable bonds is 11. The first-order valence-electron chi connectivity index (χ1n) is 9.75. The highest BCUT2D eigenvalue weighted by Crippen LogP contribution is 2.31. The molecule has 0 bridgehead atoms. The Bertz CT molecular complexity index is 712. The van der Waals surface area contributed by atoms with Crippen LogP contribution in [0.15, 0.2) is 18.2 Å². The maximum Gasteiger partial charge on any atom is 0.277 e. The molecule has 0 unspecified atom stereocenters. The molecule has 2 N–H and O–H groups in total. The summed E-state index contributed by atoms with van der Waals surface area (Å²) in [5.41, 5.74) is 0.924. The van der Waals surface area contributed by atoms with E-state index in [1.54, 1.807) is 19.1 Å². The first kappa shape index (κ1) is 22.1. The molecule has 1 atom stereocenters. The molecule has 0 spiro atoms. The highest BCUT2D eigenvalue weighted by molar-refractivity contribution is 7.87. The van der Waals surface area contributed by atoms with Crippen molar-refractivity contribution in [1.82, 2.24) is 9.44 Å². The number of benzene rings is 1. The van der Waals surface area contributed by atoms with Crippen molar-refractivity contribution in [2.24, 2.45) is 11.3 Å². The van der Waals surface area contributed by atoms with Crippen molar-refractivity contribution in [2.45, 2.75) is 65.8 Å². The predicted molar refractivity (Wildman–Crippen MR) is 106 cm³/mol. The number of hydrogen-bond acceptors (Lipinski definition) is 3. The molecule has 1 fully saturated rings. The van der Waals surface area contributed by atoms with Crippen LogP contribution in [0.5, 0.6) is 5.75 Å². The monoisotopic (exact) mass is 400 g/mol. The van der Waals surface area contributed by atoms with E-state index in [0.717, 1.165) is 32.1 Å². The minimum Gasteiger partial charge on any atom is -0.490 e. The van der Waals surface area contributed by atoms with E-state index < -0.39 is 22.1 Å². The largest absolute Gasteiger partial charge is 0.490 e. The Morgan fingerprint density at radius 1 is 1.26 bits per heavy atom. The number of unbranched alkanes of at least 4 members (excludes halogenated alkanes) is 1. The third-order valence-electron chi connectivity index (χ3n) is 4.60.